The van der Waals surface area contributed by atoms with Crippen LogP contribution in [-0.2, 0) is 16.1 Å². The number of carbonyl (C=O) groups is 2. The third-order valence-electron chi connectivity index (χ3n) is 4.44. The van der Waals surface area contributed by atoms with Crippen LogP contribution in [0.1, 0.15) is 38.3 Å². The lowest BCUT2D eigenvalue weighted by molar-refractivity contribution is -0.143. The van der Waals surface area contributed by atoms with Crippen molar-refractivity contribution < 1.29 is 18.7 Å². The topological polar surface area (TPSA) is 58.6 Å². The molecule has 0 bridgehead atoms. The molecule has 0 aliphatic rings. The van der Waals surface area contributed by atoms with Gasteiger partial charge in [0.25, 0.3) is 5.91 Å². The molecular weight excluding hydrogens is 371 g/mol. The number of hydrogen-bond acceptors (Lipinski definition) is 3. The van der Waals surface area contributed by atoms with Crippen molar-refractivity contribution in [2.45, 2.75) is 52.7 Å². The minimum absolute atomic E-state index is 0.0102. The largest absolute Gasteiger partial charge is 0.481 e. The van der Waals surface area contributed by atoms with Crippen molar-refractivity contribution in [3.63, 3.8) is 0 Å². The minimum Gasteiger partial charge on any atom is -0.481 e. The first-order chi connectivity index (χ1) is 13.8. The molecule has 0 unspecified atom stereocenters. The molecule has 6 heteroatoms. The Bertz CT molecular complexity index is 838. The van der Waals surface area contributed by atoms with Gasteiger partial charge in [0.1, 0.15) is 6.04 Å². The zero-order valence-corrected chi connectivity index (χ0v) is 17.4. The van der Waals surface area contributed by atoms with E-state index in [0.29, 0.717) is 6.42 Å². The Balaban J connectivity index is 2.23. The summed E-state index contributed by atoms with van der Waals surface area (Å²) in [5, 5.41) is 2.88. The zero-order chi connectivity index (χ0) is 21.4. The fraction of sp³-hybridized carbons (Fsp3) is 0.391. The van der Waals surface area contributed by atoms with Crippen LogP contribution in [0.3, 0.4) is 0 Å². The van der Waals surface area contributed by atoms with Crippen molar-refractivity contribution in [2.75, 3.05) is 6.61 Å². The number of hydrogen-bond donors (Lipinski definition) is 1. The fourth-order valence-corrected chi connectivity index (χ4v) is 3.09. The Morgan fingerprint density at radius 1 is 1.14 bits per heavy atom. The predicted octanol–water partition coefficient (Wildman–Crippen LogP) is 3.84. The highest BCUT2D eigenvalue weighted by Gasteiger charge is 2.29. The van der Waals surface area contributed by atoms with E-state index in [-0.39, 0.29) is 36.8 Å². The second-order valence-corrected chi connectivity index (χ2v) is 7.32. The zero-order valence-electron chi connectivity index (χ0n) is 17.4. The third kappa shape index (κ3) is 6.59. The Morgan fingerprint density at radius 3 is 2.48 bits per heavy atom. The van der Waals surface area contributed by atoms with Crippen molar-refractivity contribution in [3.05, 3.63) is 65.5 Å². The molecule has 0 aliphatic carbocycles. The molecule has 0 aliphatic heterocycles. The van der Waals surface area contributed by atoms with E-state index in [0.717, 1.165) is 11.1 Å². The molecule has 156 valence electrons. The number of ether oxygens (including phenoxy) is 1. The van der Waals surface area contributed by atoms with Crippen molar-refractivity contribution >= 4 is 11.8 Å². The molecule has 0 heterocycles. The number of amides is 2. The summed E-state index contributed by atoms with van der Waals surface area (Å²) in [6, 6.07) is 13.0. The number of nitrogens with one attached hydrogen (secondary N) is 1. The molecule has 2 amide bonds. The lowest BCUT2D eigenvalue weighted by Crippen LogP contribution is -2.51. The van der Waals surface area contributed by atoms with E-state index in [1.807, 2.05) is 52.0 Å². The summed E-state index contributed by atoms with van der Waals surface area (Å²) in [6.45, 7) is 7.50. The molecule has 29 heavy (non-hydrogen) atoms. The van der Waals surface area contributed by atoms with Gasteiger partial charge in [-0.25, -0.2) is 4.39 Å². The molecule has 1 atom stereocenters. The summed E-state index contributed by atoms with van der Waals surface area (Å²) in [6.07, 6.45) is 0.454. The average Bonchev–Trinajstić information content (AvgIpc) is 2.66. The minimum atomic E-state index is -0.644. The van der Waals surface area contributed by atoms with Crippen LogP contribution in [0, 0.1) is 12.7 Å². The van der Waals surface area contributed by atoms with Crippen LogP contribution in [0.2, 0.25) is 0 Å². The van der Waals surface area contributed by atoms with Crippen LogP contribution < -0.4 is 10.1 Å². The van der Waals surface area contributed by atoms with Crippen molar-refractivity contribution in [1.82, 2.24) is 10.2 Å². The number of benzene rings is 2. The maximum atomic E-state index is 13.8. The molecule has 5 nitrogen and oxygen atoms in total. The molecule has 2 rings (SSSR count). The summed E-state index contributed by atoms with van der Waals surface area (Å²) in [4.78, 5) is 27.2. The summed E-state index contributed by atoms with van der Waals surface area (Å²) >= 11 is 0. The van der Waals surface area contributed by atoms with Crippen molar-refractivity contribution in [1.29, 1.82) is 0 Å². The van der Waals surface area contributed by atoms with Gasteiger partial charge in [-0.2, -0.15) is 0 Å². The van der Waals surface area contributed by atoms with Gasteiger partial charge in [-0.3, -0.25) is 9.59 Å². The molecule has 2 aromatic carbocycles. The van der Waals surface area contributed by atoms with Crippen LogP contribution >= 0.6 is 0 Å². The van der Waals surface area contributed by atoms with Crippen molar-refractivity contribution in [2.24, 2.45) is 0 Å². The quantitative estimate of drug-likeness (QED) is 0.696. The molecule has 0 fully saturated rings. The van der Waals surface area contributed by atoms with E-state index in [2.05, 4.69) is 5.32 Å². The highest BCUT2D eigenvalue weighted by atomic mass is 19.1. The van der Waals surface area contributed by atoms with Gasteiger partial charge in [-0.05, 0) is 44.9 Å². The SMILES string of the molecule is CC[C@H](C(=O)NC(C)C)N(Cc1cccc(C)c1)C(=O)COc1ccccc1F. The van der Waals surface area contributed by atoms with Crippen LogP contribution in [0.4, 0.5) is 4.39 Å². The summed E-state index contributed by atoms with van der Waals surface area (Å²) in [7, 11) is 0. The Labute approximate surface area is 171 Å². The maximum Gasteiger partial charge on any atom is 0.261 e. The first-order valence-electron chi connectivity index (χ1n) is 9.84. The molecule has 0 radical (unpaired) electrons. The van der Waals surface area contributed by atoms with E-state index >= 15 is 0 Å². The molecule has 0 spiro atoms. The summed E-state index contributed by atoms with van der Waals surface area (Å²) in [5.41, 5.74) is 1.98. The second kappa shape index (κ2) is 10.6. The Morgan fingerprint density at radius 2 is 1.86 bits per heavy atom. The highest BCUT2D eigenvalue weighted by Crippen LogP contribution is 2.17. The van der Waals surface area contributed by atoms with E-state index in [9.17, 15) is 14.0 Å². The standard InChI is InChI=1S/C23H29FN2O3/c1-5-20(23(28)25-16(2)3)26(14-18-10-8-9-17(4)13-18)22(27)15-29-21-12-7-6-11-19(21)24/h6-13,16,20H,5,14-15H2,1-4H3,(H,25,28)/t20-/m1/s1. The fourth-order valence-electron chi connectivity index (χ4n) is 3.09. The van der Waals surface area contributed by atoms with E-state index in [1.54, 1.807) is 12.1 Å². The lowest BCUT2D eigenvalue weighted by atomic mass is 10.1. The highest BCUT2D eigenvalue weighted by molar-refractivity contribution is 5.88. The maximum absolute atomic E-state index is 13.8. The van der Waals surface area contributed by atoms with Gasteiger partial charge < -0.3 is 15.0 Å². The molecule has 2 aromatic rings. The van der Waals surface area contributed by atoms with Gasteiger partial charge in [0.2, 0.25) is 5.91 Å². The van der Waals surface area contributed by atoms with Crippen LogP contribution in [0.5, 0.6) is 5.75 Å². The number of halogens is 1. The van der Waals surface area contributed by atoms with Gasteiger partial charge in [0.15, 0.2) is 18.2 Å². The van der Waals surface area contributed by atoms with Gasteiger partial charge in [0.05, 0.1) is 0 Å². The summed E-state index contributed by atoms with van der Waals surface area (Å²) < 4.78 is 19.2. The van der Waals surface area contributed by atoms with Gasteiger partial charge >= 0.3 is 0 Å². The van der Waals surface area contributed by atoms with E-state index in [1.165, 1.54) is 17.0 Å². The van der Waals surface area contributed by atoms with Gasteiger partial charge in [-0.15, -0.1) is 0 Å². The first-order valence-corrected chi connectivity index (χ1v) is 9.84. The number of rotatable bonds is 9. The second-order valence-electron chi connectivity index (χ2n) is 7.32. The third-order valence-corrected chi connectivity index (χ3v) is 4.44. The molecule has 0 saturated carbocycles. The predicted molar refractivity (Wildman–Crippen MR) is 111 cm³/mol. The van der Waals surface area contributed by atoms with E-state index < -0.39 is 11.9 Å². The van der Waals surface area contributed by atoms with Crippen LogP contribution in [0.25, 0.3) is 0 Å². The first kappa shape index (κ1) is 22.4. The smallest absolute Gasteiger partial charge is 0.261 e. The number of carbonyl (C=O) groups excluding carboxylic acids is 2. The molecule has 1 N–H and O–H groups in total. The number of para-hydroxylation sites is 1. The monoisotopic (exact) mass is 400 g/mol. The lowest BCUT2D eigenvalue weighted by Gasteiger charge is -2.31. The van der Waals surface area contributed by atoms with Crippen molar-refractivity contribution in [3.8, 4) is 5.75 Å². The number of aryl methyl sites for hydroxylation is 1. The van der Waals surface area contributed by atoms with Gasteiger partial charge in [-0.1, -0.05) is 48.9 Å². The molecular formula is C23H29FN2O3. The van der Waals surface area contributed by atoms with E-state index in [4.69, 9.17) is 4.74 Å². The number of nitrogens with zero attached hydrogens (tertiary/aromatic N) is 1. The Hall–Kier alpha value is -2.89. The normalized spacial score (nSPS) is 11.8. The van der Waals surface area contributed by atoms with Crippen LogP contribution in [-0.4, -0.2) is 35.4 Å². The average molecular weight is 400 g/mol. The molecule has 0 aromatic heterocycles. The van der Waals surface area contributed by atoms with Gasteiger partial charge in [0, 0.05) is 12.6 Å². The molecule has 0 saturated heterocycles. The Kier molecular flexibility index (Phi) is 8.19. The summed E-state index contributed by atoms with van der Waals surface area (Å²) in [5.74, 6) is -1.11. The van der Waals surface area contributed by atoms with Crippen LogP contribution in [0.15, 0.2) is 48.5 Å².